The minimum Gasteiger partial charge on any atom is -0.383 e. The number of thioether (sulfide) groups is 1. The summed E-state index contributed by atoms with van der Waals surface area (Å²) < 4.78 is 0. The molecule has 5 nitrogen and oxygen atoms in total. The molecular weight excluding hydrogens is 258 g/mol. The Morgan fingerprint density at radius 2 is 2.00 bits per heavy atom. The molecule has 0 aliphatic rings. The highest BCUT2D eigenvalue weighted by atomic mass is 32.2. The summed E-state index contributed by atoms with van der Waals surface area (Å²) in [7, 11) is 0. The van der Waals surface area contributed by atoms with Crippen LogP contribution in [0.4, 0.5) is 5.82 Å². The molecule has 0 amide bonds. The van der Waals surface area contributed by atoms with E-state index in [1.165, 1.54) is 17.8 Å². The number of rotatable bonds is 3. The minimum atomic E-state index is 0.144. The van der Waals surface area contributed by atoms with Gasteiger partial charge < -0.3 is 5.73 Å². The van der Waals surface area contributed by atoms with Crippen molar-refractivity contribution in [3.63, 3.8) is 0 Å². The van der Waals surface area contributed by atoms with Gasteiger partial charge in [-0.3, -0.25) is 4.98 Å². The first-order valence-corrected chi connectivity index (χ1v) is 6.36. The second-order valence-electron chi connectivity index (χ2n) is 3.61. The zero-order chi connectivity index (χ0) is 13.7. The van der Waals surface area contributed by atoms with E-state index in [4.69, 9.17) is 16.3 Å². The number of nitrogens with zero attached hydrogens (tertiary/aromatic N) is 4. The second-order valence-corrected chi connectivity index (χ2v) is 4.57. The molecule has 2 heterocycles. The predicted octanol–water partition coefficient (Wildman–Crippen LogP) is 2.09. The summed E-state index contributed by atoms with van der Waals surface area (Å²) in [6, 6.07) is 11.0. The topological polar surface area (TPSA) is 99.4 Å². The van der Waals surface area contributed by atoms with E-state index in [9.17, 15) is 0 Å². The van der Waals surface area contributed by atoms with Crippen molar-refractivity contribution in [3.8, 4) is 12.1 Å². The van der Waals surface area contributed by atoms with Crippen molar-refractivity contribution in [2.75, 3.05) is 5.73 Å². The lowest BCUT2D eigenvalue weighted by Crippen LogP contribution is -1.99. The van der Waals surface area contributed by atoms with Gasteiger partial charge in [-0.1, -0.05) is 17.8 Å². The van der Waals surface area contributed by atoms with Gasteiger partial charge in [-0.15, -0.1) is 0 Å². The third-order valence-corrected chi connectivity index (χ3v) is 3.37. The van der Waals surface area contributed by atoms with Crippen molar-refractivity contribution in [3.05, 3.63) is 47.3 Å². The Balaban J connectivity index is 2.24. The van der Waals surface area contributed by atoms with Gasteiger partial charge in [-0.05, 0) is 18.2 Å². The summed E-state index contributed by atoms with van der Waals surface area (Å²) in [4.78, 5) is 8.29. The summed E-state index contributed by atoms with van der Waals surface area (Å²) in [6.07, 6.45) is 1.71. The number of hydrogen-bond acceptors (Lipinski definition) is 6. The number of nitrogen functional groups attached to an aromatic ring is 1. The van der Waals surface area contributed by atoms with Crippen LogP contribution in [0.5, 0.6) is 0 Å². The molecule has 2 rings (SSSR count). The van der Waals surface area contributed by atoms with E-state index in [1.54, 1.807) is 6.20 Å². The Morgan fingerprint density at radius 3 is 2.63 bits per heavy atom. The summed E-state index contributed by atoms with van der Waals surface area (Å²) >= 11 is 1.37. The van der Waals surface area contributed by atoms with E-state index in [0.29, 0.717) is 16.3 Å². The summed E-state index contributed by atoms with van der Waals surface area (Å²) in [5, 5.41) is 18.4. The van der Waals surface area contributed by atoms with Crippen LogP contribution in [-0.4, -0.2) is 9.97 Å². The lowest BCUT2D eigenvalue weighted by Gasteiger charge is -2.05. The molecule has 0 saturated heterocycles. The van der Waals surface area contributed by atoms with Gasteiger partial charge in [0.15, 0.2) is 0 Å². The van der Waals surface area contributed by atoms with Crippen molar-refractivity contribution < 1.29 is 0 Å². The predicted molar refractivity (Wildman–Crippen MR) is 71.9 cm³/mol. The van der Waals surface area contributed by atoms with Crippen LogP contribution in [0, 0.1) is 22.7 Å². The molecule has 2 aromatic rings. The number of hydrogen-bond donors (Lipinski definition) is 1. The van der Waals surface area contributed by atoms with Crippen LogP contribution in [0.15, 0.2) is 35.5 Å². The van der Waals surface area contributed by atoms with Crippen LogP contribution in [-0.2, 0) is 5.75 Å². The van der Waals surface area contributed by atoms with E-state index in [0.717, 1.165) is 5.69 Å². The van der Waals surface area contributed by atoms with E-state index in [-0.39, 0.29) is 11.4 Å². The van der Waals surface area contributed by atoms with E-state index in [1.807, 2.05) is 30.3 Å². The summed E-state index contributed by atoms with van der Waals surface area (Å²) in [6.45, 7) is 0. The monoisotopic (exact) mass is 267 g/mol. The van der Waals surface area contributed by atoms with Crippen LogP contribution in [0.3, 0.4) is 0 Å². The highest BCUT2D eigenvalue weighted by molar-refractivity contribution is 7.98. The molecule has 2 N–H and O–H groups in total. The van der Waals surface area contributed by atoms with Gasteiger partial charge in [-0.2, -0.15) is 10.5 Å². The smallest absolute Gasteiger partial charge is 0.142 e. The average Bonchev–Trinajstić information content (AvgIpc) is 2.46. The molecular formula is C13H9N5S. The van der Waals surface area contributed by atoms with Crippen LogP contribution in [0.25, 0.3) is 0 Å². The Kier molecular flexibility index (Phi) is 3.97. The van der Waals surface area contributed by atoms with Gasteiger partial charge >= 0.3 is 0 Å². The van der Waals surface area contributed by atoms with Crippen LogP contribution < -0.4 is 5.73 Å². The van der Waals surface area contributed by atoms with Gasteiger partial charge in [0.1, 0.15) is 23.0 Å². The maximum absolute atomic E-state index is 9.06. The molecule has 92 valence electrons. The lowest BCUT2D eigenvalue weighted by molar-refractivity contribution is 1.10. The normalized spacial score (nSPS) is 9.58. The van der Waals surface area contributed by atoms with Crippen molar-refractivity contribution in [2.45, 2.75) is 10.8 Å². The fourth-order valence-corrected chi connectivity index (χ4v) is 2.29. The summed E-state index contributed by atoms with van der Waals surface area (Å²) in [5.41, 5.74) is 7.12. The highest BCUT2D eigenvalue weighted by Gasteiger charge is 2.10. The second kappa shape index (κ2) is 5.85. The van der Waals surface area contributed by atoms with E-state index >= 15 is 0 Å². The van der Waals surface area contributed by atoms with Crippen molar-refractivity contribution in [1.29, 1.82) is 10.5 Å². The molecule has 0 unspecified atom stereocenters. The molecule has 6 heteroatoms. The fourth-order valence-electron chi connectivity index (χ4n) is 1.42. The Bertz CT molecular complexity index is 670. The molecule has 0 bridgehead atoms. The molecule has 0 aromatic carbocycles. The van der Waals surface area contributed by atoms with E-state index in [2.05, 4.69) is 9.97 Å². The van der Waals surface area contributed by atoms with Crippen molar-refractivity contribution >= 4 is 17.6 Å². The minimum absolute atomic E-state index is 0.144. The zero-order valence-electron chi connectivity index (χ0n) is 9.87. The number of nitriles is 2. The summed E-state index contributed by atoms with van der Waals surface area (Å²) in [5.74, 6) is 0.735. The van der Waals surface area contributed by atoms with Gasteiger partial charge in [0, 0.05) is 11.9 Å². The van der Waals surface area contributed by atoms with Crippen LogP contribution in [0.1, 0.15) is 16.8 Å². The first kappa shape index (κ1) is 12.9. The van der Waals surface area contributed by atoms with Gasteiger partial charge in [0.05, 0.1) is 16.8 Å². The lowest BCUT2D eigenvalue weighted by atomic mass is 10.2. The molecule has 19 heavy (non-hydrogen) atoms. The highest BCUT2D eigenvalue weighted by Crippen LogP contribution is 2.26. The number of nitrogens with two attached hydrogens (primary N) is 1. The first-order chi connectivity index (χ1) is 9.24. The first-order valence-electron chi connectivity index (χ1n) is 5.38. The largest absolute Gasteiger partial charge is 0.383 e. The maximum Gasteiger partial charge on any atom is 0.142 e. The molecule has 0 saturated carbocycles. The van der Waals surface area contributed by atoms with Crippen LogP contribution in [0.2, 0.25) is 0 Å². The Hall–Kier alpha value is -2.57. The fraction of sp³-hybridized carbons (Fsp3) is 0.0769. The molecule has 0 aliphatic heterocycles. The molecule has 0 radical (unpaired) electrons. The van der Waals surface area contributed by atoms with E-state index < -0.39 is 0 Å². The third-order valence-electron chi connectivity index (χ3n) is 2.34. The molecule has 0 spiro atoms. The Morgan fingerprint density at radius 1 is 1.21 bits per heavy atom. The van der Waals surface area contributed by atoms with Gasteiger partial charge in [0.25, 0.3) is 0 Å². The van der Waals surface area contributed by atoms with Gasteiger partial charge in [-0.25, -0.2) is 4.98 Å². The number of aromatic nitrogens is 2. The third kappa shape index (κ3) is 3.01. The molecule has 0 fully saturated rings. The quantitative estimate of drug-likeness (QED) is 0.855. The zero-order valence-corrected chi connectivity index (χ0v) is 10.7. The van der Waals surface area contributed by atoms with Crippen molar-refractivity contribution in [2.24, 2.45) is 0 Å². The molecule has 0 aliphatic carbocycles. The SMILES string of the molecule is N#Cc1cc(C#N)c(SCc2ccccn2)nc1N. The van der Waals surface area contributed by atoms with Crippen LogP contribution >= 0.6 is 11.8 Å². The molecule has 0 atom stereocenters. The van der Waals surface area contributed by atoms with Gasteiger partial charge in [0.2, 0.25) is 0 Å². The van der Waals surface area contributed by atoms with Crippen molar-refractivity contribution in [1.82, 2.24) is 9.97 Å². The molecule has 2 aromatic heterocycles. The number of anilines is 1. The number of pyridine rings is 2. The Labute approximate surface area is 114 Å². The average molecular weight is 267 g/mol. The standard InChI is InChI=1S/C13H9N5S/c14-6-9-5-10(7-15)13(18-12(9)16)19-8-11-3-1-2-4-17-11/h1-5H,8H2,(H2,16,18). The maximum atomic E-state index is 9.06.